The van der Waals surface area contributed by atoms with Crippen LogP contribution in [0.1, 0.15) is 57.9 Å². The van der Waals surface area contributed by atoms with Crippen LogP contribution in [0.2, 0.25) is 0 Å². The first-order valence-electron chi connectivity index (χ1n) is 10.1. The summed E-state index contributed by atoms with van der Waals surface area (Å²) >= 11 is 0. The Kier molecular flexibility index (Phi) is 6.21. The Bertz CT molecular complexity index is 743. The van der Waals surface area contributed by atoms with Crippen LogP contribution >= 0.6 is 0 Å². The van der Waals surface area contributed by atoms with Gasteiger partial charge in [0.25, 0.3) is 5.91 Å². The van der Waals surface area contributed by atoms with Crippen LogP contribution in [0, 0.1) is 0 Å². The maximum absolute atomic E-state index is 12.8. The van der Waals surface area contributed by atoms with E-state index in [0.717, 1.165) is 41.9 Å². The Morgan fingerprint density at radius 2 is 2.07 bits per heavy atom. The zero-order valence-corrected chi connectivity index (χ0v) is 16.6. The molecule has 3 rings (SSSR count). The second kappa shape index (κ2) is 8.63. The van der Waals surface area contributed by atoms with Gasteiger partial charge in [-0.15, -0.1) is 0 Å². The highest BCUT2D eigenvalue weighted by Crippen LogP contribution is 2.35. The first kappa shape index (κ1) is 20.2. The van der Waals surface area contributed by atoms with Crippen LogP contribution in [0.3, 0.4) is 0 Å². The molecule has 1 saturated heterocycles. The highest BCUT2D eigenvalue weighted by molar-refractivity contribution is 6.09. The zero-order chi connectivity index (χ0) is 20.1. The number of nitrogens with zero attached hydrogens (tertiary/aromatic N) is 1. The van der Waals surface area contributed by atoms with Gasteiger partial charge in [0, 0.05) is 6.54 Å². The largest absolute Gasteiger partial charge is 0.494 e. The van der Waals surface area contributed by atoms with Crippen molar-refractivity contribution in [3.8, 4) is 5.75 Å². The van der Waals surface area contributed by atoms with Crippen molar-refractivity contribution in [3.63, 3.8) is 0 Å². The fourth-order valence-corrected chi connectivity index (χ4v) is 3.84. The quantitative estimate of drug-likeness (QED) is 0.530. The molecule has 7 heteroatoms. The minimum absolute atomic E-state index is 0.274. The lowest BCUT2D eigenvalue weighted by Gasteiger charge is -2.23. The summed E-state index contributed by atoms with van der Waals surface area (Å²) in [7, 11) is 0. The molecular formula is C21H29N3O4. The van der Waals surface area contributed by atoms with Crippen molar-refractivity contribution in [1.82, 2.24) is 15.5 Å². The summed E-state index contributed by atoms with van der Waals surface area (Å²) in [6, 6.07) is 6.24. The molecule has 1 unspecified atom stereocenters. The van der Waals surface area contributed by atoms with Crippen LogP contribution in [0.25, 0.3) is 0 Å². The summed E-state index contributed by atoms with van der Waals surface area (Å²) in [6.45, 7) is 4.67. The fraction of sp³-hybridized carbons (Fsp3) is 0.571. The Morgan fingerprint density at radius 1 is 1.32 bits per heavy atom. The maximum Gasteiger partial charge on any atom is 0.325 e. The molecule has 1 atom stereocenters. The van der Waals surface area contributed by atoms with Crippen molar-refractivity contribution in [3.05, 3.63) is 29.8 Å². The van der Waals surface area contributed by atoms with Gasteiger partial charge >= 0.3 is 6.03 Å². The number of unbranched alkanes of at least 4 members (excludes halogenated alkanes) is 1. The van der Waals surface area contributed by atoms with E-state index in [-0.39, 0.29) is 11.8 Å². The number of benzene rings is 1. The molecule has 2 aliphatic rings. The molecular weight excluding hydrogens is 358 g/mol. The van der Waals surface area contributed by atoms with Crippen molar-refractivity contribution in [1.29, 1.82) is 0 Å². The molecule has 1 heterocycles. The van der Waals surface area contributed by atoms with Crippen molar-refractivity contribution >= 4 is 17.8 Å². The number of urea groups is 1. The number of carbonyl (C=O) groups excluding carboxylic acids is 3. The number of amides is 4. The number of hydrogen-bond donors (Lipinski definition) is 2. The highest BCUT2D eigenvalue weighted by Gasteiger charge is 2.54. The molecule has 0 aromatic heterocycles. The predicted molar refractivity (Wildman–Crippen MR) is 105 cm³/mol. The van der Waals surface area contributed by atoms with Gasteiger partial charge in [-0.3, -0.25) is 9.59 Å². The van der Waals surface area contributed by atoms with E-state index in [1.807, 2.05) is 24.3 Å². The van der Waals surface area contributed by atoms with Gasteiger partial charge in [-0.05, 0) is 43.9 Å². The summed E-state index contributed by atoms with van der Waals surface area (Å²) in [6.07, 6.45) is 5.18. The van der Waals surface area contributed by atoms with Crippen molar-refractivity contribution in [2.75, 3.05) is 6.61 Å². The van der Waals surface area contributed by atoms with E-state index in [1.165, 1.54) is 0 Å². The summed E-state index contributed by atoms with van der Waals surface area (Å²) in [5.41, 5.74) is 0.106. The van der Waals surface area contributed by atoms with Gasteiger partial charge < -0.3 is 15.4 Å². The van der Waals surface area contributed by atoms with Gasteiger partial charge in [-0.2, -0.15) is 0 Å². The maximum atomic E-state index is 12.8. The lowest BCUT2D eigenvalue weighted by molar-refractivity contribution is -0.137. The molecule has 0 bridgehead atoms. The van der Waals surface area contributed by atoms with E-state index in [9.17, 15) is 14.4 Å². The van der Waals surface area contributed by atoms with Gasteiger partial charge in [0.15, 0.2) is 0 Å². The van der Waals surface area contributed by atoms with E-state index in [0.29, 0.717) is 26.0 Å². The highest BCUT2D eigenvalue weighted by atomic mass is 16.5. The van der Waals surface area contributed by atoms with Crippen molar-refractivity contribution < 1.29 is 19.1 Å². The Morgan fingerprint density at radius 3 is 2.79 bits per heavy atom. The minimum Gasteiger partial charge on any atom is -0.494 e. The van der Waals surface area contributed by atoms with E-state index >= 15 is 0 Å². The third-order valence-electron chi connectivity index (χ3n) is 5.55. The molecule has 1 spiro atoms. The predicted octanol–water partition coefficient (Wildman–Crippen LogP) is 2.73. The molecule has 152 valence electrons. The van der Waals surface area contributed by atoms with Crippen molar-refractivity contribution in [2.45, 2.75) is 70.5 Å². The average Bonchev–Trinajstić information content (AvgIpc) is 3.25. The summed E-state index contributed by atoms with van der Waals surface area (Å²) in [5.74, 6) is 0.144. The Hall–Kier alpha value is -2.57. The molecule has 28 heavy (non-hydrogen) atoms. The average molecular weight is 387 g/mol. The Balaban J connectivity index is 1.57. The molecule has 0 radical (unpaired) electrons. The second-order valence-electron chi connectivity index (χ2n) is 7.64. The third-order valence-corrected chi connectivity index (χ3v) is 5.55. The Labute approximate surface area is 165 Å². The standard InChI is InChI=1S/C21H29N3O4/c1-3-4-12-28-17-9-7-8-16(13-17)14-22-18(25)15(2)24-19(26)21(23-20(24)27)10-5-6-11-21/h7-9,13,15H,3-6,10-12,14H2,1-2H3,(H,22,25)(H,23,27). The van der Waals surface area contributed by atoms with Crippen LogP contribution in [0.15, 0.2) is 24.3 Å². The van der Waals surface area contributed by atoms with Gasteiger partial charge in [-0.1, -0.05) is 38.3 Å². The molecule has 7 nitrogen and oxygen atoms in total. The fourth-order valence-electron chi connectivity index (χ4n) is 3.84. The monoisotopic (exact) mass is 387 g/mol. The topological polar surface area (TPSA) is 87.7 Å². The van der Waals surface area contributed by atoms with Gasteiger partial charge in [-0.25, -0.2) is 9.69 Å². The third kappa shape index (κ3) is 4.13. The summed E-state index contributed by atoms with van der Waals surface area (Å²) < 4.78 is 5.69. The number of hydrogen-bond acceptors (Lipinski definition) is 4. The van der Waals surface area contributed by atoms with E-state index in [4.69, 9.17) is 4.74 Å². The zero-order valence-electron chi connectivity index (χ0n) is 16.6. The molecule has 1 aromatic carbocycles. The first-order valence-corrected chi connectivity index (χ1v) is 10.1. The lowest BCUT2D eigenvalue weighted by atomic mass is 9.97. The molecule has 2 N–H and O–H groups in total. The number of carbonyl (C=O) groups is 3. The van der Waals surface area contributed by atoms with E-state index < -0.39 is 17.6 Å². The second-order valence-corrected chi connectivity index (χ2v) is 7.64. The SMILES string of the molecule is CCCCOc1cccc(CNC(=O)C(C)N2C(=O)NC3(CCCC3)C2=O)c1. The molecule has 2 fully saturated rings. The number of rotatable bonds is 8. The molecule has 1 aliphatic heterocycles. The summed E-state index contributed by atoms with van der Waals surface area (Å²) in [5, 5.41) is 5.63. The van der Waals surface area contributed by atoms with E-state index in [1.54, 1.807) is 6.92 Å². The smallest absolute Gasteiger partial charge is 0.325 e. The number of ether oxygens (including phenoxy) is 1. The normalized spacial score (nSPS) is 19.0. The van der Waals surface area contributed by atoms with Crippen LogP contribution < -0.4 is 15.4 Å². The lowest BCUT2D eigenvalue weighted by Crippen LogP contribution is -2.49. The molecule has 1 aliphatic carbocycles. The van der Waals surface area contributed by atoms with Crippen molar-refractivity contribution in [2.24, 2.45) is 0 Å². The molecule has 4 amide bonds. The van der Waals surface area contributed by atoms with Crippen LogP contribution in [-0.2, 0) is 16.1 Å². The van der Waals surface area contributed by atoms with Gasteiger partial charge in [0.1, 0.15) is 17.3 Å². The van der Waals surface area contributed by atoms with Gasteiger partial charge in [0.05, 0.1) is 6.61 Å². The molecule has 1 saturated carbocycles. The van der Waals surface area contributed by atoms with Crippen LogP contribution in [-0.4, -0.2) is 40.9 Å². The van der Waals surface area contributed by atoms with Gasteiger partial charge in [0.2, 0.25) is 5.91 Å². The number of nitrogens with one attached hydrogen (secondary N) is 2. The first-order chi connectivity index (χ1) is 13.5. The van der Waals surface area contributed by atoms with Crippen LogP contribution in [0.4, 0.5) is 4.79 Å². The minimum atomic E-state index is -0.850. The molecule has 1 aromatic rings. The summed E-state index contributed by atoms with van der Waals surface area (Å²) in [4.78, 5) is 38.8. The van der Waals surface area contributed by atoms with E-state index in [2.05, 4.69) is 17.6 Å². The number of imide groups is 1. The van der Waals surface area contributed by atoms with Crippen LogP contribution in [0.5, 0.6) is 5.75 Å².